The first-order valence-corrected chi connectivity index (χ1v) is 15.7. The molecular weight excluding hydrogens is 584 g/mol. The van der Waals surface area contributed by atoms with Crippen LogP contribution in [0.25, 0.3) is 0 Å². The summed E-state index contributed by atoms with van der Waals surface area (Å²) in [4.78, 5) is 0. The maximum atomic E-state index is 6.58. The number of ether oxygens (including phenoxy) is 6. The zero-order valence-corrected chi connectivity index (χ0v) is 25.9. The summed E-state index contributed by atoms with van der Waals surface area (Å²) < 4.78 is 38.0. The molecule has 0 saturated heterocycles. The molecule has 8 N–H and O–H groups in total. The second kappa shape index (κ2) is 12.9. The Morgan fingerprint density at radius 2 is 0.500 bits per heavy atom. The van der Waals surface area contributed by atoms with Crippen molar-refractivity contribution in [1.29, 1.82) is 0 Å². The van der Waals surface area contributed by atoms with E-state index in [1.54, 1.807) is 0 Å². The lowest BCUT2D eigenvalue weighted by Crippen LogP contribution is -2.18. The van der Waals surface area contributed by atoms with Gasteiger partial charge in [-0.05, 0) is 48.5 Å². The van der Waals surface area contributed by atoms with Gasteiger partial charge in [-0.1, -0.05) is 0 Å². The van der Waals surface area contributed by atoms with Gasteiger partial charge in [0.25, 0.3) is 0 Å². The summed E-state index contributed by atoms with van der Waals surface area (Å²) in [7, 11) is 0. The largest absolute Gasteiger partial charge is 0.491 e. The quantitative estimate of drug-likeness (QED) is 0.145. The molecule has 5 aliphatic rings. The number of anilines is 4. The fourth-order valence-electron chi connectivity index (χ4n) is 6.75. The van der Waals surface area contributed by atoms with E-state index >= 15 is 0 Å². The number of rotatable bonds is 0. The molecule has 0 amide bonds. The van der Waals surface area contributed by atoms with Crippen LogP contribution in [0, 0.1) is 0 Å². The minimum Gasteiger partial charge on any atom is -0.491 e. The van der Waals surface area contributed by atoms with Gasteiger partial charge in [0, 0.05) is 92.9 Å². The lowest BCUT2D eigenvalue weighted by Gasteiger charge is -2.25. The van der Waals surface area contributed by atoms with Crippen LogP contribution in [-0.2, 0) is 35.2 Å². The predicted octanol–water partition coefficient (Wildman–Crippen LogP) is 4.27. The Hall–Kier alpha value is -4.80. The van der Waals surface area contributed by atoms with Crippen LogP contribution in [0.3, 0.4) is 0 Å². The summed E-state index contributed by atoms with van der Waals surface area (Å²) in [6.07, 6.45) is 1.89. The minimum absolute atomic E-state index is 0.344. The zero-order valence-electron chi connectivity index (χ0n) is 25.9. The highest BCUT2D eigenvalue weighted by Crippen LogP contribution is 2.41. The smallest absolute Gasteiger partial charge is 0.126 e. The number of nitrogen functional groups attached to an aromatic ring is 4. The van der Waals surface area contributed by atoms with Gasteiger partial charge in [-0.3, -0.25) is 0 Å². The number of benzene rings is 4. The van der Waals surface area contributed by atoms with Gasteiger partial charge in [0.2, 0.25) is 0 Å². The molecule has 0 radical (unpaired) electrons. The minimum atomic E-state index is 0.344. The maximum absolute atomic E-state index is 6.58. The van der Waals surface area contributed by atoms with Crippen LogP contribution in [0.15, 0.2) is 48.5 Å². The third kappa shape index (κ3) is 6.31. The number of hydrogen-bond donors (Lipinski definition) is 4. The molecule has 240 valence electrons. The lowest BCUT2D eigenvalue weighted by atomic mass is 9.90. The fraction of sp³-hybridized carbons (Fsp3) is 0.333. The molecule has 10 heteroatoms. The predicted molar refractivity (Wildman–Crippen MR) is 178 cm³/mol. The summed E-state index contributed by atoms with van der Waals surface area (Å²) in [6, 6.07) is 15.7. The second-order valence-corrected chi connectivity index (χ2v) is 12.0. The van der Waals surface area contributed by atoms with Crippen molar-refractivity contribution in [2.75, 3.05) is 75.8 Å². The van der Waals surface area contributed by atoms with Crippen LogP contribution in [0.4, 0.5) is 22.7 Å². The van der Waals surface area contributed by atoms with Gasteiger partial charge < -0.3 is 51.4 Å². The SMILES string of the molecule is Nc1cc2c3c(c1)Cc1cc(N)cc4c1OCCOCCOc1c(cc(N)cc1Cc1cc(N)cc(c1OCCOCCO3)C4)C2. The molecule has 0 fully saturated rings. The molecule has 0 aromatic heterocycles. The molecule has 4 heterocycles. The average Bonchev–Trinajstić information content (AvgIpc) is 2.99. The van der Waals surface area contributed by atoms with E-state index in [9.17, 15) is 0 Å². The number of nitrogens with two attached hydrogens (primary N) is 4. The van der Waals surface area contributed by atoms with Crippen molar-refractivity contribution in [1.82, 2.24) is 0 Å². The van der Waals surface area contributed by atoms with Gasteiger partial charge in [0.1, 0.15) is 49.4 Å². The molecule has 10 nitrogen and oxygen atoms in total. The molecule has 4 aliphatic heterocycles. The third-order valence-corrected chi connectivity index (χ3v) is 8.48. The van der Waals surface area contributed by atoms with Gasteiger partial charge >= 0.3 is 0 Å². The summed E-state index contributed by atoms with van der Waals surface area (Å²) >= 11 is 0. The molecule has 4 aromatic rings. The van der Waals surface area contributed by atoms with E-state index in [1.807, 2.05) is 48.5 Å². The van der Waals surface area contributed by atoms with Gasteiger partial charge in [0.15, 0.2) is 0 Å². The van der Waals surface area contributed by atoms with Crippen molar-refractivity contribution in [3.05, 3.63) is 93.0 Å². The first kappa shape index (κ1) is 29.9. The topological polar surface area (TPSA) is 159 Å². The molecule has 4 aromatic carbocycles. The van der Waals surface area contributed by atoms with E-state index in [1.165, 1.54) is 0 Å². The Kier molecular flexibility index (Phi) is 8.38. The van der Waals surface area contributed by atoms with E-state index in [0.717, 1.165) is 67.5 Å². The highest BCUT2D eigenvalue weighted by atomic mass is 16.6. The molecule has 0 atom stereocenters. The summed E-state index contributed by atoms with van der Waals surface area (Å²) in [5.41, 5.74) is 36.2. The molecule has 9 rings (SSSR count). The summed E-state index contributed by atoms with van der Waals surface area (Å²) in [5, 5.41) is 0. The summed E-state index contributed by atoms with van der Waals surface area (Å²) in [5.74, 6) is 2.98. The van der Waals surface area contributed by atoms with Crippen LogP contribution in [0.2, 0.25) is 0 Å². The van der Waals surface area contributed by atoms with Crippen LogP contribution >= 0.6 is 0 Å². The van der Waals surface area contributed by atoms with Crippen LogP contribution in [0.5, 0.6) is 23.0 Å². The maximum Gasteiger partial charge on any atom is 0.126 e. The lowest BCUT2D eigenvalue weighted by molar-refractivity contribution is 0.0744. The normalized spacial score (nSPS) is 16.5. The Bertz CT molecular complexity index is 1430. The first-order valence-electron chi connectivity index (χ1n) is 15.7. The van der Waals surface area contributed by atoms with Gasteiger partial charge in [-0.15, -0.1) is 0 Å². The van der Waals surface area contributed by atoms with Crippen molar-refractivity contribution < 1.29 is 28.4 Å². The zero-order chi connectivity index (χ0) is 31.6. The summed E-state index contributed by atoms with van der Waals surface area (Å²) in [6.45, 7) is 2.94. The van der Waals surface area contributed by atoms with Crippen LogP contribution in [-0.4, -0.2) is 52.9 Å². The monoisotopic (exact) mass is 624 g/mol. The fourth-order valence-corrected chi connectivity index (χ4v) is 6.75. The molecule has 0 saturated carbocycles. The van der Waals surface area contributed by atoms with Crippen LogP contribution < -0.4 is 41.9 Å². The number of hydrogen-bond acceptors (Lipinski definition) is 10. The Labute approximate surface area is 268 Å². The molecule has 12 bridgehead atoms. The van der Waals surface area contributed by atoms with Gasteiger partial charge in [-0.25, -0.2) is 0 Å². The second-order valence-electron chi connectivity index (χ2n) is 12.0. The first-order chi connectivity index (χ1) is 22.4. The van der Waals surface area contributed by atoms with Crippen molar-refractivity contribution in [3.63, 3.8) is 0 Å². The molecule has 1 aliphatic carbocycles. The van der Waals surface area contributed by atoms with Crippen molar-refractivity contribution in [2.45, 2.75) is 25.7 Å². The standard InChI is InChI=1S/C36H40N4O6/c37-29-13-21-9-23-15-30(38)19-27-11-25-17-32(40)18-26-12-28-20-31(39)16-24(36(28)46-8-4-42-3-7-45-35(23)27)10-22(14-29)33(21)43-5-1-41-2-6-44-34(25)26/h13-20H,1-12,37-40H2. The van der Waals surface area contributed by atoms with Gasteiger partial charge in [-0.2, -0.15) is 0 Å². The van der Waals surface area contributed by atoms with Crippen molar-refractivity contribution >= 4 is 22.7 Å². The average molecular weight is 625 g/mol. The number of fused-ring (bicyclic) bond motifs is 12. The Balaban J connectivity index is 1.57. The highest BCUT2D eigenvalue weighted by molar-refractivity contribution is 5.64. The van der Waals surface area contributed by atoms with E-state index in [-0.39, 0.29) is 0 Å². The molecule has 46 heavy (non-hydrogen) atoms. The van der Waals surface area contributed by atoms with Crippen molar-refractivity contribution in [2.24, 2.45) is 0 Å². The molecular formula is C36H40N4O6. The van der Waals surface area contributed by atoms with Gasteiger partial charge in [0.05, 0.1) is 26.4 Å². The van der Waals surface area contributed by atoms with Crippen LogP contribution in [0.1, 0.15) is 44.5 Å². The Morgan fingerprint density at radius 3 is 0.696 bits per heavy atom. The van der Waals surface area contributed by atoms with E-state index in [4.69, 9.17) is 51.4 Å². The van der Waals surface area contributed by atoms with E-state index in [2.05, 4.69) is 0 Å². The molecule has 0 unspecified atom stereocenters. The van der Waals surface area contributed by atoms with E-state index < -0.39 is 0 Å². The van der Waals surface area contributed by atoms with E-state index in [0.29, 0.717) is 101 Å². The van der Waals surface area contributed by atoms with Crippen molar-refractivity contribution in [3.8, 4) is 23.0 Å². The Morgan fingerprint density at radius 1 is 0.304 bits per heavy atom. The highest BCUT2D eigenvalue weighted by Gasteiger charge is 2.24. The molecule has 0 spiro atoms. The third-order valence-electron chi connectivity index (χ3n) is 8.48.